The molecule has 2 heterocycles. The molecule has 1 unspecified atom stereocenters. The van der Waals surface area contributed by atoms with Gasteiger partial charge in [-0.1, -0.05) is 11.6 Å². The van der Waals surface area contributed by atoms with Crippen LogP contribution < -0.4 is 4.90 Å². The maximum Gasteiger partial charge on any atom is 0.406 e. The molecule has 0 bridgehead atoms. The maximum absolute atomic E-state index is 12.9. The highest BCUT2D eigenvalue weighted by molar-refractivity contribution is 7.14. The molecule has 100 valence electrons. The van der Waals surface area contributed by atoms with Crippen LogP contribution in [0.5, 0.6) is 0 Å². The quantitative estimate of drug-likeness (QED) is 0.912. The van der Waals surface area contributed by atoms with Gasteiger partial charge in [0.05, 0.1) is 0 Å². The minimum absolute atomic E-state index is 0.00431. The number of nitrogens with zero attached hydrogens (tertiary/aromatic N) is 2. The fourth-order valence-corrected chi connectivity index (χ4v) is 2.87. The van der Waals surface area contributed by atoms with E-state index in [4.69, 9.17) is 16.7 Å². The second kappa shape index (κ2) is 4.27. The van der Waals surface area contributed by atoms with Crippen molar-refractivity contribution in [2.45, 2.75) is 12.6 Å². The Morgan fingerprint density at radius 3 is 2.67 bits per heavy atom. The van der Waals surface area contributed by atoms with Crippen molar-refractivity contribution in [3.63, 3.8) is 0 Å². The van der Waals surface area contributed by atoms with Crippen molar-refractivity contribution >= 4 is 34.0 Å². The van der Waals surface area contributed by atoms with Crippen LogP contribution in [-0.2, 0) is 4.79 Å². The van der Waals surface area contributed by atoms with E-state index >= 15 is 0 Å². The summed E-state index contributed by atoms with van der Waals surface area (Å²) >= 11 is 6.69. The fourth-order valence-electron chi connectivity index (χ4n) is 1.89. The highest BCUT2D eigenvalue weighted by atomic mass is 35.5. The lowest BCUT2D eigenvalue weighted by atomic mass is 9.86. The SMILES string of the molecule is O=C(O)C1(C(F)(F)F)CCN(c2nc(Cl)cs2)C1. The number of halogens is 4. The largest absolute Gasteiger partial charge is 0.481 e. The molecule has 1 saturated heterocycles. The summed E-state index contributed by atoms with van der Waals surface area (Å²) in [6.07, 6.45) is -5.27. The van der Waals surface area contributed by atoms with E-state index in [1.165, 1.54) is 10.3 Å². The number of rotatable bonds is 2. The molecule has 0 aromatic carbocycles. The predicted octanol–water partition coefficient (Wildman–Crippen LogP) is 2.64. The standard InChI is InChI=1S/C9H8ClF3N2O2S/c10-5-3-18-7(14-5)15-2-1-8(4-15,6(16)17)9(11,12)13/h3H,1-2,4H2,(H,16,17). The van der Waals surface area contributed by atoms with Crippen LogP contribution >= 0.6 is 22.9 Å². The van der Waals surface area contributed by atoms with Gasteiger partial charge in [-0.15, -0.1) is 11.3 Å². The molecule has 0 aliphatic carbocycles. The van der Waals surface area contributed by atoms with Crippen molar-refractivity contribution in [2.24, 2.45) is 5.41 Å². The summed E-state index contributed by atoms with van der Waals surface area (Å²) in [7, 11) is 0. The van der Waals surface area contributed by atoms with E-state index in [9.17, 15) is 18.0 Å². The average Bonchev–Trinajstić information content (AvgIpc) is 2.82. The summed E-state index contributed by atoms with van der Waals surface area (Å²) in [4.78, 5) is 16.1. The van der Waals surface area contributed by atoms with Gasteiger partial charge < -0.3 is 10.0 Å². The number of thiazole rings is 1. The number of anilines is 1. The van der Waals surface area contributed by atoms with E-state index in [1.807, 2.05) is 0 Å². The molecule has 18 heavy (non-hydrogen) atoms. The number of alkyl halides is 3. The number of hydrogen-bond acceptors (Lipinski definition) is 4. The van der Waals surface area contributed by atoms with Gasteiger partial charge in [0.1, 0.15) is 5.15 Å². The van der Waals surface area contributed by atoms with E-state index in [1.54, 1.807) is 0 Å². The van der Waals surface area contributed by atoms with Gasteiger partial charge in [-0.3, -0.25) is 4.79 Å². The molecule has 1 fully saturated rings. The monoisotopic (exact) mass is 300 g/mol. The number of hydrogen-bond donors (Lipinski definition) is 1. The predicted molar refractivity (Wildman–Crippen MR) is 60.1 cm³/mol. The number of aromatic nitrogens is 1. The molecule has 1 aromatic rings. The molecule has 0 amide bonds. The molecule has 1 atom stereocenters. The molecule has 0 radical (unpaired) electrons. The lowest BCUT2D eigenvalue weighted by Crippen LogP contribution is -2.47. The van der Waals surface area contributed by atoms with Crippen LogP contribution in [-0.4, -0.2) is 35.3 Å². The zero-order valence-electron chi connectivity index (χ0n) is 8.87. The van der Waals surface area contributed by atoms with E-state index in [2.05, 4.69) is 4.98 Å². The third-order valence-corrected chi connectivity index (χ3v) is 4.18. The summed E-state index contributed by atoms with van der Waals surface area (Å²) in [5, 5.41) is 10.9. The fraction of sp³-hybridized carbons (Fsp3) is 0.556. The zero-order valence-corrected chi connectivity index (χ0v) is 10.4. The first-order valence-electron chi connectivity index (χ1n) is 4.92. The van der Waals surface area contributed by atoms with Crippen molar-refractivity contribution in [1.29, 1.82) is 0 Å². The van der Waals surface area contributed by atoms with Crippen molar-refractivity contribution in [3.8, 4) is 0 Å². The van der Waals surface area contributed by atoms with Crippen LogP contribution in [0.2, 0.25) is 5.15 Å². The van der Waals surface area contributed by atoms with Crippen LogP contribution in [0.25, 0.3) is 0 Å². The Kier molecular flexibility index (Phi) is 3.18. The van der Waals surface area contributed by atoms with Crippen LogP contribution in [0.3, 0.4) is 0 Å². The first-order valence-corrected chi connectivity index (χ1v) is 6.18. The van der Waals surface area contributed by atoms with E-state index < -0.39 is 30.5 Å². The van der Waals surface area contributed by atoms with E-state index in [0.29, 0.717) is 5.13 Å². The number of carbonyl (C=O) groups is 1. The van der Waals surface area contributed by atoms with Crippen LogP contribution in [0, 0.1) is 5.41 Å². The smallest absolute Gasteiger partial charge is 0.406 e. The van der Waals surface area contributed by atoms with Gasteiger partial charge in [-0.05, 0) is 6.42 Å². The average molecular weight is 301 g/mol. The van der Waals surface area contributed by atoms with Crippen LogP contribution in [0.1, 0.15) is 6.42 Å². The summed E-state index contributed by atoms with van der Waals surface area (Å²) in [5.74, 6) is -1.85. The number of carboxylic acid groups (broad SMARTS) is 1. The Labute approximate surface area is 109 Å². The van der Waals surface area contributed by atoms with Gasteiger partial charge in [-0.25, -0.2) is 4.98 Å². The molecule has 9 heteroatoms. The molecular formula is C9H8ClF3N2O2S. The maximum atomic E-state index is 12.9. The molecular weight excluding hydrogens is 293 g/mol. The molecule has 0 saturated carbocycles. The van der Waals surface area contributed by atoms with Crippen molar-refractivity contribution in [1.82, 2.24) is 4.98 Å². The van der Waals surface area contributed by atoms with Crippen LogP contribution in [0.4, 0.5) is 18.3 Å². The van der Waals surface area contributed by atoms with Crippen molar-refractivity contribution in [3.05, 3.63) is 10.5 Å². The summed E-state index contributed by atoms with van der Waals surface area (Å²) in [6, 6.07) is 0. The third kappa shape index (κ3) is 2.03. The Morgan fingerprint density at radius 2 is 2.28 bits per heavy atom. The zero-order chi connectivity index (χ0) is 13.6. The summed E-state index contributed by atoms with van der Waals surface area (Å²) in [5.41, 5.74) is -2.72. The van der Waals surface area contributed by atoms with Gasteiger partial charge in [0.15, 0.2) is 10.5 Å². The number of carboxylic acids is 1. The molecule has 0 spiro atoms. The lowest BCUT2D eigenvalue weighted by molar-refractivity contribution is -0.225. The van der Waals surface area contributed by atoms with E-state index in [-0.39, 0.29) is 11.7 Å². The highest BCUT2D eigenvalue weighted by Gasteiger charge is 2.64. The van der Waals surface area contributed by atoms with Crippen molar-refractivity contribution < 1.29 is 23.1 Å². The molecule has 1 N–H and O–H groups in total. The molecule has 1 aromatic heterocycles. The molecule has 4 nitrogen and oxygen atoms in total. The minimum Gasteiger partial charge on any atom is -0.481 e. The van der Waals surface area contributed by atoms with Gasteiger partial charge in [-0.2, -0.15) is 13.2 Å². The third-order valence-electron chi connectivity index (χ3n) is 2.96. The van der Waals surface area contributed by atoms with Gasteiger partial charge >= 0.3 is 12.1 Å². The van der Waals surface area contributed by atoms with Crippen LogP contribution in [0.15, 0.2) is 5.38 Å². The summed E-state index contributed by atoms with van der Waals surface area (Å²) < 4.78 is 38.7. The second-order valence-corrected chi connectivity index (χ2v) is 5.23. The first-order chi connectivity index (χ1) is 8.26. The Morgan fingerprint density at radius 1 is 1.61 bits per heavy atom. The lowest BCUT2D eigenvalue weighted by Gasteiger charge is -2.27. The molecule has 1 aliphatic rings. The van der Waals surface area contributed by atoms with Gasteiger partial charge in [0.25, 0.3) is 0 Å². The molecule has 1 aliphatic heterocycles. The Hall–Kier alpha value is -1.02. The van der Waals surface area contributed by atoms with Gasteiger partial charge in [0, 0.05) is 18.5 Å². The topological polar surface area (TPSA) is 53.4 Å². The Bertz CT molecular complexity index is 479. The van der Waals surface area contributed by atoms with E-state index in [0.717, 1.165) is 11.3 Å². The normalized spacial score (nSPS) is 24.6. The van der Waals surface area contributed by atoms with Crippen molar-refractivity contribution in [2.75, 3.05) is 18.0 Å². The highest BCUT2D eigenvalue weighted by Crippen LogP contribution is 2.47. The second-order valence-electron chi connectivity index (χ2n) is 4.01. The Balaban J connectivity index is 2.27. The number of aliphatic carboxylic acids is 1. The summed E-state index contributed by atoms with van der Waals surface area (Å²) in [6.45, 7) is -0.634. The molecule has 2 rings (SSSR count). The van der Waals surface area contributed by atoms with Gasteiger partial charge in [0.2, 0.25) is 0 Å². The minimum atomic E-state index is -4.78. The first kappa shape index (κ1) is 13.4.